The van der Waals surface area contributed by atoms with E-state index in [2.05, 4.69) is 9.97 Å². The Morgan fingerprint density at radius 2 is 2.05 bits per heavy atom. The zero-order valence-electron chi connectivity index (χ0n) is 12.5. The maximum absolute atomic E-state index is 6.08. The van der Waals surface area contributed by atoms with Crippen LogP contribution in [0.15, 0.2) is 24.5 Å². The first-order chi connectivity index (χ1) is 10.8. The van der Waals surface area contributed by atoms with Crippen molar-refractivity contribution in [2.75, 3.05) is 7.11 Å². The van der Waals surface area contributed by atoms with Gasteiger partial charge in [-0.1, -0.05) is 6.07 Å². The zero-order valence-corrected chi connectivity index (χ0v) is 13.4. The number of benzene rings is 1. The summed E-state index contributed by atoms with van der Waals surface area (Å²) in [6.07, 6.45) is 5.01. The van der Waals surface area contributed by atoms with E-state index in [4.69, 9.17) is 9.47 Å². The summed E-state index contributed by atoms with van der Waals surface area (Å²) in [4.78, 5) is 11.2. The van der Waals surface area contributed by atoms with E-state index >= 15 is 0 Å². The van der Waals surface area contributed by atoms with Crippen LogP contribution in [0.4, 0.5) is 0 Å². The van der Waals surface area contributed by atoms with Crippen LogP contribution in [-0.2, 0) is 12.8 Å². The van der Waals surface area contributed by atoms with Crippen LogP contribution < -0.4 is 9.47 Å². The molecule has 0 saturated heterocycles. The molecule has 0 saturated carbocycles. The lowest BCUT2D eigenvalue weighted by Crippen LogP contribution is -1.94. The van der Waals surface area contributed by atoms with Crippen LogP contribution in [0.3, 0.4) is 0 Å². The van der Waals surface area contributed by atoms with Crippen molar-refractivity contribution < 1.29 is 9.47 Å². The highest BCUT2D eigenvalue weighted by molar-refractivity contribution is 7.18. The van der Waals surface area contributed by atoms with Gasteiger partial charge in [0.2, 0.25) is 5.88 Å². The maximum atomic E-state index is 6.08. The zero-order chi connectivity index (χ0) is 15.1. The van der Waals surface area contributed by atoms with E-state index in [1.54, 1.807) is 24.8 Å². The topological polar surface area (TPSA) is 44.2 Å². The number of ether oxygens (including phenoxy) is 2. The van der Waals surface area contributed by atoms with E-state index in [9.17, 15) is 0 Å². The predicted molar refractivity (Wildman–Crippen MR) is 87.2 cm³/mol. The van der Waals surface area contributed by atoms with Crippen molar-refractivity contribution >= 4 is 21.6 Å². The molecule has 3 aromatic rings. The Hall–Kier alpha value is -2.14. The fraction of sp³-hybridized carbons (Fsp3) is 0.294. The molecule has 0 aliphatic heterocycles. The van der Waals surface area contributed by atoms with Crippen LogP contribution in [0.2, 0.25) is 0 Å². The highest BCUT2D eigenvalue weighted by Crippen LogP contribution is 2.42. The van der Waals surface area contributed by atoms with Gasteiger partial charge in [-0.25, -0.2) is 9.97 Å². The summed E-state index contributed by atoms with van der Waals surface area (Å²) in [6.45, 7) is 2.03. The van der Waals surface area contributed by atoms with Crippen molar-refractivity contribution in [1.29, 1.82) is 0 Å². The van der Waals surface area contributed by atoms with Gasteiger partial charge in [-0.05, 0) is 49.4 Å². The number of thiophene rings is 1. The minimum atomic E-state index is 0.631. The van der Waals surface area contributed by atoms with E-state index in [0.29, 0.717) is 11.6 Å². The first-order valence-electron chi connectivity index (χ1n) is 7.34. The van der Waals surface area contributed by atoms with Crippen LogP contribution in [0.25, 0.3) is 10.2 Å². The third-order valence-electron chi connectivity index (χ3n) is 3.99. The Morgan fingerprint density at radius 1 is 1.14 bits per heavy atom. The molecular formula is C17H16N2O2S. The first kappa shape index (κ1) is 13.5. The Labute approximate surface area is 132 Å². The molecule has 0 unspecified atom stereocenters. The second kappa shape index (κ2) is 5.25. The van der Waals surface area contributed by atoms with Crippen LogP contribution in [0, 0.1) is 6.92 Å². The van der Waals surface area contributed by atoms with E-state index < -0.39 is 0 Å². The van der Waals surface area contributed by atoms with Crippen LogP contribution in [-0.4, -0.2) is 17.1 Å². The summed E-state index contributed by atoms with van der Waals surface area (Å²) in [5.74, 6) is 2.04. The van der Waals surface area contributed by atoms with E-state index in [0.717, 1.165) is 34.4 Å². The second-order valence-corrected chi connectivity index (χ2v) is 6.56. The molecule has 0 radical (unpaired) electrons. The SMILES string of the molecule is COc1cc(C)ccc1Oc1ncnc2sc3c(c12)CCC3. The number of aryl methyl sites for hydroxylation is 3. The lowest BCUT2D eigenvalue weighted by molar-refractivity contribution is 0.375. The molecule has 0 amide bonds. The van der Waals surface area contributed by atoms with Gasteiger partial charge >= 0.3 is 0 Å². The number of hydrogen-bond donors (Lipinski definition) is 0. The molecule has 0 N–H and O–H groups in total. The number of hydrogen-bond acceptors (Lipinski definition) is 5. The largest absolute Gasteiger partial charge is 0.493 e. The molecule has 0 fully saturated rings. The van der Waals surface area contributed by atoms with Gasteiger partial charge in [0.25, 0.3) is 0 Å². The third-order valence-corrected chi connectivity index (χ3v) is 5.19. The molecule has 1 aliphatic carbocycles. The van der Waals surface area contributed by atoms with E-state index in [1.807, 2.05) is 25.1 Å². The molecule has 22 heavy (non-hydrogen) atoms. The van der Waals surface area contributed by atoms with Crippen molar-refractivity contribution in [2.45, 2.75) is 26.2 Å². The second-order valence-electron chi connectivity index (χ2n) is 5.47. The molecule has 4 rings (SSSR count). The van der Waals surface area contributed by atoms with Gasteiger partial charge in [-0.2, -0.15) is 0 Å². The van der Waals surface area contributed by atoms with Crippen molar-refractivity contribution in [1.82, 2.24) is 9.97 Å². The van der Waals surface area contributed by atoms with Crippen LogP contribution in [0.5, 0.6) is 17.4 Å². The number of fused-ring (bicyclic) bond motifs is 3. The molecule has 0 bridgehead atoms. The minimum Gasteiger partial charge on any atom is -0.493 e. The van der Waals surface area contributed by atoms with Gasteiger partial charge in [-0.3, -0.25) is 0 Å². The fourth-order valence-corrected chi connectivity index (χ4v) is 4.16. The summed E-state index contributed by atoms with van der Waals surface area (Å²) >= 11 is 1.76. The van der Waals surface area contributed by atoms with Crippen molar-refractivity contribution in [2.24, 2.45) is 0 Å². The number of methoxy groups -OCH3 is 1. The van der Waals surface area contributed by atoms with Crippen LogP contribution >= 0.6 is 11.3 Å². The lowest BCUT2D eigenvalue weighted by Gasteiger charge is -2.11. The maximum Gasteiger partial charge on any atom is 0.231 e. The summed E-state index contributed by atoms with van der Waals surface area (Å²) in [5.41, 5.74) is 2.50. The van der Waals surface area contributed by atoms with Gasteiger partial charge in [0.1, 0.15) is 11.2 Å². The molecule has 112 valence electrons. The van der Waals surface area contributed by atoms with Gasteiger partial charge < -0.3 is 9.47 Å². The summed E-state index contributed by atoms with van der Waals surface area (Å²) in [5, 5.41) is 1.07. The molecule has 0 spiro atoms. The Bertz CT molecular complexity index is 857. The van der Waals surface area contributed by atoms with Crippen LogP contribution in [0.1, 0.15) is 22.4 Å². The monoisotopic (exact) mass is 312 g/mol. The number of rotatable bonds is 3. The smallest absolute Gasteiger partial charge is 0.231 e. The Kier molecular flexibility index (Phi) is 3.22. The first-order valence-corrected chi connectivity index (χ1v) is 8.15. The standard InChI is InChI=1S/C17H16N2O2S/c1-10-6-7-12(13(8-10)20-2)21-16-15-11-4-3-5-14(11)22-17(15)19-9-18-16/h6-9H,3-5H2,1-2H3. The minimum absolute atomic E-state index is 0.631. The lowest BCUT2D eigenvalue weighted by atomic mass is 10.2. The molecule has 4 nitrogen and oxygen atoms in total. The van der Waals surface area contributed by atoms with Gasteiger partial charge in [-0.15, -0.1) is 11.3 Å². The van der Waals surface area contributed by atoms with Crippen molar-refractivity contribution in [3.05, 3.63) is 40.5 Å². The summed E-state index contributed by atoms with van der Waals surface area (Å²) in [6, 6.07) is 5.90. The van der Waals surface area contributed by atoms with E-state index in [1.165, 1.54) is 16.9 Å². The quantitative estimate of drug-likeness (QED) is 0.723. The average Bonchev–Trinajstić information content (AvgIpc) is 3.09. The fourth-order valence-electron chi connectivity index (χ4n) is 2.94. The summed E-state index contributed by atoms with van der Waals surface area (Å²) < 4.78 is 11.5. The number of aromatic nitrogens is 2. The Morgan fingerprint density at radius 3 is 2.91 bits per heavy atom. The third kappa shape index (κ3) is 2.13. The van der Waals surface area contributed by atoms with Gasteiger partial charge in [0, 0.05) is 4.88 Å². The molecule has 5 heteroatoms. The molecule has 2 heterocycles. The summed E-state index contributed by atoms with van der Waals surface area (Å²) in [7, 11) is 1.65. The number of nitrogens with zero attached hydrogens (tertiary/aromatic N) is 2. The Balaban J connectivity index is 1.82. The average molecular weight is 312 g/mol. The predicted octanol–water partition coefficient (Wildman–Crippen LogP) is 4.29. The molecule has 0 atom stereocenters. The van der Waals surface area contributed by atoms with Crippen molar-refractivity contribution in [3.63, 3.8) is 0 Å². The highest BCUT2D eigenvalue weighted by atomic mass is 32.1. The van der Waals surface area contributed by atoms with Gasteiger partial charge in [0.15, 0.2) is 11.5 Å². The molecule has 1 aromatic carbocycles. The highest BCUT2D eigenvalue weighted by Gasteiger charge is 2.22. The van der Waals surface area contributed by atoms with Crippen molar-refractivity contribution in [3.8, 4) is 17.4 Å². The normalized spacial score (nSPS) is 13.4. The molecule has 2 aromatic heterocycles. The molecular weight excluding hydrogens is 296 g/mol. The molecule has 1 aliphatic rings. The van der Waals surface area contributed by atoms with Gasteiger partial charge in [0.05, 0.1) is 12.5 Å². The van der Waals surface area contributed by atoms with E-state index in [-0.39, 0.29) is 0 Å².